The van der Waals surface area contributed by atoms with Crippen molar-refractivity contribution in [2.75, 3.05) is 7.05 Å². The third kappa shape index (κ3) is 2.03. The molecule has 0 bridgehead atoms. The van der Waals surface area contributed by atoms with Crippen molar-refractivity contribution in [1.29, 1.82) is 0 Å². The van der Waals surface area contributed by atoms with Gasteiger partial charge in [0, 0.05) is 17.0 Å². The van der Waals surface area contributed by atoms with E-state index >= 15 is 0 Å². The molecular weight excluding hydrogens is 266 g/mol. The molecule has 0 aliphatic heterocycles. The van der Waals surface area contributed by atoms with Crippen LogP contribution in [0.4, 0.5) is 5.69 Å². The molecule has 0 fully saturated rings. The molecule has 1 nitrogen and oxygen atoms in total. The summed E-state index contributed by atoms with van der Waals surface area (Å²) in [6.07, 6.45) is 1.15. The predicted octanol–water partition coefficient (Wildman–Crippen LogP) is 4.51. The summed E-state index contributed by atoms with van der Waals surface area (Å²) in [5.74, 6) is 0. The van der Waals surface area contributed by atoms with Crippen molar-refractivity contribution in [3.63, 3.8) is 0 Å². The van der Waals surface area contributed by atoms with Crippen LogP contribution >= 0.6 is 0 Å². The van der Waals surface area contributed by atoms with Crippen LogP contribution in [0.25, 0.3) is 11.1 Å². The Morgan fingerprint density at radius 1 is 1.00 bits per heavy atom. The van der Waals surface area contributed by atoms with Gasteiger partial charge in [-0.15, -0.1) is 0 Å². The zero-order chi connectivity index (χ0) is 16.1. The lowest BCUT2D eigenvalue weighted by Crippen LogP contribution is -2.73. The smallest absolute Gasteiger partial charge is 0.133 e. The molecule has 0 heterocycles. The number of hydrogen-bond acceptors (Lipinski definition) is 0. The van der Waals surface area contributed by atoms with Crippen LogP contribution in [-0.4, -0.2) is 7.05 Å². The molecule has 0 saturated carbocycles. The summed E-state index contributed by atoms with van der Waals surface area (Å²) in [5, 5.41) is 2.27. The average Bonchev–Trinajstić information content (AvgIpc) is 2.74. The van der Waals surface area contributed by atoms with Crippen LogP contribution in [0.15, 0.2) is 36.4 Å². The summed E-state index contributed by atoms with van der Waals surface area (Å²) in [6.45, 7) is 11.7. The first-order chi connectivity index (χ1) is 10.3. The Bertz CT molecular complexity index is 723. The Morgan fingerprint density at radius 2 is 1.68 bits per heavy atom. The van der Waals surface area contributed by atoms with Crippen LogP contribution in [-0.2, 0) is 10.8 Å². The molecular formula is C21H28N+. The average molecular weight is 294 g/mol. The fourth-order valence-electron chi connectivity index (χ4n) is 3.78. The Labute approximate surface area is 134 Å². The number of nitrogens with two attached hydrogens (primary N) is 1. The summed E-state index contributed by atoms with van der Waals surface area (Å²) < 4.78 is 0. The van der Waals surface area contributed by atoms with Crippen LogP contribution in [0.2, 0.25) is 0 Å². The minimum absolute atomic E-state index is 0.0958. The normalized spacial score (nSPS) is 15.5. The summed E-state index contributed by atoms with van der Waals surface area (Å²) >= 11 is 0. The predicted molar refractivity (Wildman–Crippen MR) is 94.8 cm³/mol. The van der Waals surface area contributed by atoms with Gasteiger partial charge in [-0.05, 0) is 40.2 Å². The van der Waals surface area contributed by atoms with Gasteiger partial charge in [-0.3, -0.25) is 0 Å². The third-order valence-electron chi connectivity index (χ3n) is 5.68. The Balaban J connectivity index is 2.32. The lowest BCUT2D eigenvalue weighted by Gasteiger charge is -2.27. The molecule has 0 radical (unpaired) electrons. The van der Waals surface area contributed by atoms with E-state index in [9.17, 15) is 0 Å². The highest BCUT2D eigenvalue weighted by molar-refractivity contribution is 5.82. The summed E-state index contributed by atoms with van der Waals surface area (Å²) in [7, 11) is 2.16. The molecule has 0 spiro atoms. The van der Waals surface area contributed by atoms with Crippen molar-refractivity contribution < 1.29 is 5.32 Å². The molecule has 1 heteroatoms. The van der Waals surface area contributed by atoms with E-state index in [-0.39, 0.29) is 10.8 Å². The monoisotopic (exact) mass is 294 g/mol. The van der Waals surface area contributed by atoms with Gasteiger partial charge in [-0.25, -0.2) is 0 Å². The van der Waals surface area contributed by atoms with Crippen molar-refractivity contribution in [1.82, 2.24) is 0 Å². The van der Waals surface area contributed by atoms with Crippen molar-refractivity contribution in [3.8, 4) is 11.1 Å². The van der Waals surface area contributed by atoms with E-state index in [0.717, 1.165) is 6.42 Å². The molecule has 0 saturated heterocycles. The SMILES string of the molecule is CCC(C)(C)c1cc2c(cc1[NH2+]C)C(C)(C)c1ccccc1-2. The highest BCUT2D eigenvalue weighted by atomic mass is 14.8. The first-order valence-corrected chi connectivity index (χ1v) is 8.41. The lowest BCUT2D eigenvalue weighted by atomic mass is 9.77. The molecule has 2 aromatic rings. The van der Waals surface area contributed by atoms with E-state index in [1.807, 2.05) is 0 Å². The number of quaternary nitrogens is 1. The van der Waals surface area contributed by atoms with Crippen LogP contribution in [0.1, 0.15) is 57.7 Å². The van der Waals surface area contributed by atoms with Crippen LogP contribution in [0, 0.1) is 0 Å². The molecule has 0 amide bonds. The first kappa shape index (κ1) is 15.3. The summed E-state index contributed by atoms with van der Waals surface area (Å²) in [6, 6.07) is 13.8. The molecule has 1 aliphatic rings. The lowest BCUT2D eigenvalue weighted by molar-refractivity contribution is -0.540. The third-order valence-corrected chi connectivity index (χ3v) is 5.68. The second-order valence-electron chi connectivity index (χ2n) is 7.68. The Morgan fingerprint density at radius 3 is 2.32 bits per heavy atom. The van der Waals surface area contributed by atoms with E-state index in [4.69, 9.17) is 0 Å². The van der Waals surface area contributed by atoms with Crippen molar-refractivity contribution in [2.45, 2.75) is 51.9 Å². The fraction of sp³-hybridized carbons (Fsp3) is 0.429. The Kier molecular flexibility index (Phi) is 3.45. The van der Waals surface area contributed by atoms with Gasteiger partial charge in [0.1, 0.15) is 5.69 Å². The largest absolute Gasteiger partial charge is 0.316 e. The molecule has 1 aliphatic carbocycles. The van der Waals surface area contributed by atoms with Crippen molar-refractivity contribution >= 4 is 5.69 Å². The molecule has 116 valence electrons. The van der Waals surface area contributed by atoms with E-state index in [1.165, 1.54) is 33.5 Å². The summed E-state index contributed by atoms with van der Waals surface area (Å²) in [4.78, 5) is 0. The van der Waals surface area contributed by atoms with Gasteiger partial charge in [-0.2, -0.15) is 0 Å². The van der Waals surface area contributed by atoms with Gasteiger partial charge in [0.2, 0.25) is 0 Å². The number of benzene rings is 2. The Hall–Kier alpha value is -1.60. The minimum atomic E-state index is 0.0958. The molecule has 0 atom stereocenters. The van der Waals surface area contributed by atoms with Gasteiger partial charge in [0.05, 0.1) is 7.05 Å². The van der Waals surface area contributed by atoms with E-state index in [1.54, 1.807) is 0 Å². The fourth-order valence-corrected chi connectivity index (χ4v) is 3.78. The maximum atomic E-state index is 2.46. The quantitative estimate of drug-likeness (QED) is 0.802. The highest BCUT2D eigenvalue weighted by Gasteiger charge is 2.37. The zero-order valence-electron chi connectivity index (χ0n) is 14.7. The maximum Gasteiger partial charge on any atom is 0.133 e. The standard InChI is InChI=1S/C21H27N/c1-7-20(2,3)18-12-15-14-10-8-9-11-16(14)21(4,5)17(15)13-19(18)22-6/h8-13,22H,7H2,1-6H3/p+1. The molecule has 2 N–H and O–H groups in total. The van der Waals surface area contributed by atoms with Crippen molar-refractivity contribution in [2.24, 2.45) is 0 Å². The molecule has 3 rings (SSSR count). The number of fused-ring (bicyclic) bond motifs is 3. The van der Waals surface area contributed by atoms with Gasteiger partial charge >= 0.3 is 0 Å². The van der Waals surface area contributed by atoms with Gasteiger partial charge in [0.25, 0.3) is 0 Å². The zero-order valence-corrected chi connectivity index (χ0v) is 14.7. The first-order valence-electron chi connectivity index (χ1n) is 8.41. The second-order valence-corrected chi connectivity index (χ2v) is 7.68. The summed E-state index contributed by atoms with van der Waals surface area (Å²) in [5.41, 5.74) is 8.95. The molecule has 0 unspecified atom stereocenters. The van der Waals surface area contributed by atoms with Crippen molar-refractivity contribution in [3.05, 3.63) is 53.1 Å². The highest BCUT2D eigenvalue weighted by Crippen LogP contribution is 2.50. The van der Waals surface area contributed by atoms with E-state index in [2.05, 4.69) is 83.4 Å². The second kappa shape index (κ2) is 4.96. The van der Waals surface area contributed by atoms with E-state index < -0.39 is 0 Å². The number of rotatable bonds is 3. The van der Waals surface area contributed by atoms with Gasteiger partial charge in [0.15, 0.2) is 0 Å². The van der Waals surface area contributed by atoms with Gasteiger partial charge in [-0.1, -0.05) is 58.9 Å². The number of hydrogen-bond donors (Lipinski definition) is 1. The molecule has 2 aromatic carbocycles. The minimum Gasteiger partial charge on any atom is -0.316 e. The van der Waals surface area contributed by atoms with Crippen LogP contribution < -0.4 is 5.32 Å². The van der Waals surface area contributed by atoms with E-state index in [0.29, 0.717) is 0 Å². The van der Waals surface area contributed by atoms with Crippen LogP contribution in [0.5, 0.6) is 0 Å². The molecule has 22 heavy (non-hydrogen) atoms. The molecule has 0 aromatic heterocycles. The maximum absolute atomic E-state index is 2.46. The van der Waals surface area contributed by atoms with Crippen LogP contribution in [0.3, 0.4) is 0 Å². The van der Waals surface area contributed by atoms with Gasteiger partial charge < -0.3 is 5.32 Å². The topological polar surface area (TPSA) is 16.6 Å².